The third-order valence-corrected chi connectivity index (χ3v) is 4.27. The van der Waals surface area contributed by atoms with Crippen molar-refractivity contribution in [3.05, 3.63) is 21.9 Å². The third kappa shape index (κ3) is 3.84. The van der Waals surface area contributed by atoms with Crippen molar-refractivity contribution in [2.24, 2.45) is 11.1 Å². The maximum atomic E-state index is 5.38. The average molecular weight is 262 g/mol. The molecule has 2 nitrogen and oxygen atoms in total. The summed E-state index contributed by atoms with van der Waals surface area (Å²) >= 11 is 1.81. The van der Waals surface area contributed by atoms with E-state index in [4.69, 9.17) is 5.73 Å². The molecule has 0 saturated carbocycles. The summed E-state index contributed by atoms with van der Waals surface area (Å²) in [5.41, 5.74) is 6.96. The highest BCUT2D eigenvalue weighted by Crippen LogP contribution is 2.29. The normalized spacial score (nSPS) is 19.3. The largest absolute Gasteiger partial charge is 0.320 e. The third-order valence-electron chi connectivity index (χ3n) is 3.35. The number of nitrogens with two attached hydrogens (primary N) is 1. The minimum Gasteiger partial charge on any atom is -0.320 e. The number of hydrogen-bond acceptors (Lipinski definition) is 3. The number of rotatable bonds is 2. The van der Waals surface area contributed by atoms with E-state index in [0.717, 1.165) is 12.1 Å². The fourth-order valence-corrected chi connectivity index (χ4v) is 3.44. The monoisotopic (exact) mass is 262 g/mol. The van der Waals surface area contributed by atoms with Crippen molar-refractivity contribution in [2.75, 3.05) is 19.6 Å². The van der Waals surface area contributed by atoms with Crippen LogP contribution in [0.2, 0.25) is 0 Å². The summed E-state index contributed by atoms with van der Waals surface area (Å²) in [6.45, 7) is 8.67. The second-order valence-electron chi connectivity index (χ2n) is 5.79. The minimum atomic E-state index is 0.436. The van der Waals surface area contributed by atoms with Gasteiger partial charge in [-0.05, 0) is 30.9 Å². The number of likely N-dealkylation sites (tertiary alicyclic amines) is 1. The summed E-state index contributed by atoms with van der Waals surface area (Å²) in [5.74, 6) is 6.00. The van der Waals surface area contributed by atoms with Gasteiger partial charge < -0.3 is 5.73 Å². The van der Waals surface area contributed by atoms with E-state index in [2.05, 4.69) is 42.0 Å². The lowest BCUT2D eigenvalue weighted by Crippen LogP contribution is -2.39. The Morgan fingerprint density at radius 1 is 1.50 bits per heavy atom. The van der Waals surface area contributed by atoms with Crippen LogP contribution in [0.25, 0.3) is 0 Å². The molecule has 1 aromatic heterocycles. The molecule has 2 heterocycles. The van der Waals surface area contributed by atoms with Crippen molar-refractivity contribution in [2.45, 2.75) is 33.2 Å². The first-order valence-corrected chi connectivity index (χ1v) is 7.46. The molecule has 0 amide bonds. The van der Waals surface area contributed by atoms with Crippen molar-refractivity contribution < 1.29 is 0 Å². The minimum absolute atomic E-state index is 0.436. The Labute approximate surface area is 114 Å². The molecule has 0 aromatic carbocycles. The summed E-state index contributed by atoms with van der Waals surface area (Å²) < 4.78 is 0. The van der Waals surface area contributed by atoms with Gasteiger partial charge >= 0.3 is 0 Å². The van der Waals surface area contributed by atoms with Crippen LogP contribution < -0.4 is 5.73 Å². The molecule has 1 aromatic rings. The Bertz CT molecular complexity index is 451. The molecule has 18 heavy (non-hydrogen) atoms. The molecule has 1 aliphatic heterocycles. The Kier molecular flexibility index (Phi) is 4.45. The van der Waals surface area contributed by atoms with Crippen molar-refractivity contribution >= 4 is 11.3 Å². The van der Waals surface area contributed by atoms with Crippen molar-refractivity contribution in [1.29, 1.82) is 0 Å². The smallest absolute Gasteiger partial charge is 0.0555 e. The molecule has 0 radical (unpaired) electrons. The molecule has 2 N–H and O–H groups in total. The van der Waals surface area contributed by atoms with Crippen LogP contribution in [-0.4, -0.2) is 24.5 Å². The molecule has 0 unspecified atom stereocenters. The summed E-state index contributed by atoms with van der Waals surface area (Å²) in [7, 11) is 0. The van der Waals surface area contributed by atoms with Gasteiger partial charge in [0.1, 0.15) is 0 Å². The second-order valence-corrected chi connectivity index (χ2v) is 6.78. The van der Waals surface area contributed by atoms with Gasteiger partial charge in [0, 0.05) is 28.9 Å². The molecule has 1 saturated heterocycles. The first kappa shape index (κ1) is 13.6. The van der Waals surface area contributed by atoms with E-state index < -0.39 is 0 Å². The molecule has 0 atom stereocenters. The van der Waals surface area contributed by atoms with E-state index in [1.165, 1.54) is 30.8 Å². The van der Waals surface area contributed by atoms with Gasteiger partial charge in [0.05, 0.1) is 6.54 Å². The Balaban J connectivity index is 1.95. The molecular formula is C15H22N2S. The quantitative estimate of drug-likeness (QED) is 0.830. The van der Waals surface area contributed by atoms with Crippen LogP contribution >= 0.6 is 11.3 Å². The van der Waals surface area contributed by atoms with Crippen molar-refractivity contribution in [1.82, 2.24) is 4.90 Å². The number of piperidine rings is 1. The zero-order chi connectivity index (χ0) is 13.0. The van der Waals surface area contributed by atoms with Gasteiger partial charge in [-0.3, -0.25) is 4.90 Å². The highest BCUT2D eigenvalue weighted by Gasteiger charge is 2.26. The van der Waals surface area contributed by atoms with Gasteiger partial charge in [0.25, 0.3) is 0 Å². The molecule has 3 heteroatoms. The maximum Gasteiger partial charge on any atom is 0.0555 e. The zero-order valence-electron chi connectivity index (χ0n) is 11.3. The standard InChI is InChI=1S/C15H22N2S/c1-15(2)6-4-8-17(12-15)10-14-9-13(11-18-14)5-3-7-16/h9,11H,4,6-8,10,12,16H2,1-2H3. The highest BCUT2D eigenvalue weighted by atomic mass is 32.1. The van der Waals surface area contributed by atoms with Gasteiger partial charge in [0.15, 0.2) is 0 Å². The van der Waals surface area contributed by atoms with Crippen LogP contribution in [0.5, 0.6) is 0 Å². The van der Waals surface area contributed by atoms with Crippen LogP contribution in [-0.2, 0) is 6.54 Å². The molecule has 0 bridgehead atoms. The topological polar surface area (TPSA) is 29.3 Å². The Morgan fingerprint density at radius 2 is 2.33 bits per heavy atom. The maximum absolute atomic E-state index is 5.38. The second kappa shape index (κ2) is 5.88. The van der Waals surface area contributed by atoms with E-state index in [1.807, 2.05) is 11.3 Å². The highest BCUT2D eigenvalue weighted by molar-refractivity contribution is 7.10. The van der Waals surface area contributed by atoms with Gasteiger partial charge in [-0.1, -0.05) is 25.7 Å². The molecule has 2 rings (SSSR count). The first-order chi connectivity index (χ1) is 8.59. The van der Waals surface area contributed by atoms with E-state index >= 15 is 0 Å². The molecule has 98 valence electrons. The molecule has 0 aliphatic carbocycles. The molecule has 0 spiro atoms. The van der Waals surface area contributed by atoms with Gasteiger partial charge in [-0.15, -0.1) is 11.3 Å². The summed E-state index contributed by atoms with van der Waals surface area (Å²) in [4.78, 5) is 3.98. The summed E-state index contributed by atoms with van der Waals surface area (Å²) in [6.07, 6.45) is 2.67. The first-order valence-electron chi connectivity index (χ1n) is 6.58. The van der Waals surface area contributed by atoms with Crippen molar-refractivity contribution in [3.8, 4) is 11.8 Å². The molecule has 1 aliphatic rings. The van der Waals surface area contributed by atoms with Gasteiger partial charge in [-0.25, -0.2) is 0 Å². The van der Waals surface area contributed by atoms with Crippen molar-refractivity contribution in [3.63, 3.8) is 0 Å². The summed E-state index contributed by atoms with van der Waals surface area (Å²) in [5, 5.41) is 2.13. The zero-order valence-corrected chi connectivity index (χ0v) is 12.1. The van der Waals surface area contributed by atoms with Crippen LogP contribution in [0, 0.1) is 17.3 Å². The lowest BCUT2D eigenvalue weighted by molar-refractivity contribution is 0.112. The van der Waals surface area contributed by atoms with Gasteiger partial charge in [-0.2, -0.15) is 0 Å². The fourth-order valence-electron chi connectivity index (χ4n) is 2.58. The molecular weight excluding hydrogens is 240 g/mol. The van der Waals surface area contributed by atoms with E-state index in [0.29, 0.717) is 12.0 Å². The van der Waals surface area contributed by atoms with Crippen LogP contribution in [0.4, 0.5) is 0 Å². The van der Waals surface area contributed by atoms with Crippen LogP contribution in [0.15, 0.2) is 11.4 Å². The Morgan fingerprint density at radius 3 is 3.06 bits per heavy atom. The number of nitrogens with zero attached hydrogens (tertiary/aromatic N) is 1. The molecule has 1 fully saturated rings. The van der Waals surface area contributed by atoms with Crippen LogP contribution in [0.3, 0.4) is 0 Å². The predicted molar refractivity (Wildman–Crippen MR) is 78.5 cm³/mol. The van der Waals surface area contributed by atoms with Crippen LogP contribution in [0.1, 0.15) is 37.1 Å². The lowest BCUT2D eigenvalue weighted by Gasteiger charge is -2.37. The predicted octanol–water partition coefficient (Wildman–Crippen LogP) is 2.68. The number of thiophene rings is 1. The summed E-state index contributed by atoms with van der Waals surface area (Å²) in [6, 6.07) is 2.20. The fraction of sp³-hybridized carbons (Fsp3) is 0.600. The average Bonchev–Trinajstić information content (AvgIpc) is 2.73. The SMILES string of the molecule is CC1(C)CCCN(Cc2cc(C#CCN)cs2)C1. The van der Waals surface area contributed by atoms with E-state index in [1.54, 1.807) is 0 Å². The van der Waals surface area contributed by atoms with Gasteiger partial charge in [0.2, 0.25) is 0 Å². The number of hydrogen-bond donors (Lipinski definition) is 1. The Hall–Kier alpha value is -0.820. The lowest BCUT2D eigenvalue weighted by atomic mass is 9.84. The van der Waals surface area contributed by atoms with E-state index in [9.17, 15) is 0 Å². The van der Waals surface area contributed by atoms with E-state index in [-0.39, 0.29) is 0 Å².